The highest BCUT2D eigenvalue weighted by atomic mass is 16.4. The van der Waals surface area contributed by atoms with Crippen molar-refractivity contribution in [2.45, 2.75) is 0 Å². The number of carboxylic acid groups (broad SMARTS) is 1. The Morgan fingerprint density at radius 3 is 1.02 bits per heavy atom. The van der Waals surface area contributed by atoms with E-state index in [2.05, 4.69) is 87.5 Å². The lowest BCUT2D eigenvalue weighted by atomic mass is 9.80. The highest BCUT2D eigenvalue weighted by Gasteiger charge is 2.26. The maximum atomic E-state index is 13.2. The van der Waals surface area contributed by atoms with E-state index in [1.54, 1.807) is 0 Å². The molecule has 0 heterocycles. The third-order valence-electron chi connectivity index (χ3n) is 8.27. The molecule has 45 heavy (non-hydrogen) atoms. The average Bonchev–Trinajstić information content (AvgIpc) is 3.04. The molecule has 0 aromatic heterocycles. The van der Waals surface area contributed by atoms with E-state index in [-0.39, 0.29) is 5.56 Å². The van der Waals surface area contributed by atoms with Crippen LogP contribution < -0.4 is 19.6 Å². The summed E-state index contributed by atoms with van der Waals surface area (Å²) in [5.74, 6) is -0.964. The average molecular weight is 599 g/mol. The van der Waals surface area contributed by atoms with Gasteiger partial charge in [-0.2, -0.15) is 0 Å². The Bertz CT molecular complexity index is 1790. The minimum atomic E-state index is -0.964. The van der Waals surface area contributed by atoms with Gasteiger partial charge in [-0.25, -0.2) is 4.79 Å². The van der Waals surface area contributed by atoms with Crippen LogP contribution in [-0.2, 0) is 0 Å². The van der Waals surface area contributed by atoms with E-state index in [4.69, 9.17) is 0 Å². The van der Waals surface area contributed by atoms with Gasteiger partial charge in [-0.1, -0.05) is 48.5 Å². The first kappa shape index (κ1) is 31.2. The van der Waals surface area contributed by atoms with Crippen molar-refractivity contribution in [1.82, 2.24) is 0 Å². The van der Waals surface area contributed by atoms with Crippen LogP contribution in [0.5, 0.6) is 0 Å². The van der Waals surface area contributed by atoms with Crippen molar-refractivity contribution >= 4 is 28.7 Å². The number of hydrogen-bond acceptors (Lipinski definition) is 5. The fraction of sp³-hybridized carbons (Fsp3) is 0.205. The molecule has 0 spiro atoms. The topological polar surface area (TPSA) is 50.3 Å². The van der Waals surface area contributed by atoms with Crippen LogP contribution in [0.1, 0.15) is 10.4 Å². The van der Waals surface area contributed by atoms with E-state index in [9.17, 15) is 9.90 Å². The third-order valence-corrected chi connectivity index (χ3v) is 8.27. The molecule has 6 heteroatoms. The SMILES string of the molecule is CN(C)c1ccc(-c2cc(C(=O)O)c(-c3ccc(N(C)C)cc3)c(-c3ccc(N(C)C)cc3)c2-c2ccc(N(C)C)cc2)cc1. The van der Waals surface area contributed by atoms with Gasteiger partial charge in [0.25, 0.3) is 0 Å². The first-order chi connectivity index (χ1) is 21.5. The van der Waals surface area contributed by atoms with E-state index < -0.39 is 5.97 Å². The quantitative estimate of drug-likeness (QED) is 0.184. The molecule has 0 fully saturated rings. The van der Waals surface area contributed by atoms with Crippen LogP contribution in [0.15, 0.2) is 103 Å². The molecule has 5 aromatic carbocycles. The van der Waals surface area contributed by atoms with E-state index in [0.717, 1.165) is 61.7 Å². The normalized spacial score (nSPS) is 10.8. The Kier molecular flexibility index (Phi) is 8.87. The number of carbonyl (C=O) groups is 1. The maximum Gasteiger partial charge on any atom is 0.336 e. The van der Waals surface area contributed by atoms with Gasteiger partial charge in [0.1, 0.15) is 0 Å². The number of anilines is 4. The lowest BCUT2D eigenvalue weighted by Gasteiger charge is -2.24. The summed E-state index contributed by atoms with van der Waals surface area (Å²) in [4.78, 5) is 21.4. The van der Waals surface area contributed by atoms with Crippen molar-refractivity contribution in [3.8, 4) is 44.5 Å². The van der Waals surface area contributed by atoms with Crippen LogP contribution in [-0.4, -0.2) is 67.5 Å². The summed E-state index contributed by atoms with van der Waals surface area (Å²) in [6.07, 6.45) is 0. The van der Waals surface area contributed by atoms with Gasteiger partial charge in [0.15, 0.2) is 0 Å². The standard InChI is InChI=1S/C39H42N4O2/c1-40(2)30-17-9-26(10-18-30)34-25-35(39(44)45)37(28-13-21-32(22-14-28)42(5)6)38(29-15-23-33(24-16-29)43(7)8)36(34)27-11-19-31(20-12-27)41(3)4/h9-25H,1-8H3,(H,44,45). The van der Waals surface area contributed by atoms with Crippen LogP contribution in [0.3, 0.4) is 0 Å². The molecular formula is C39H42N4O2. The van der Waals surface area contributed by atoms with Crippen LogP contribution in [0.4, 0.5) is 22.7 Å². The van der Waals surface area contributed by atoms with Gasteiger partial charge in [0.2, 0.25) is 0 Å². The number of nitrogens with zero attached hydrogens (tertiary/aromatic N) is 4. The molecule has 6 nitrogen and oxygen atoms in total. The number of aromatic carboxylic acids is 1. The zero-order valence-corrected chi connectivity index (χ0v) is 27.5. The Morgan fingerprint density at radius 1 is 0.422 bits per heavy atom. The number of rotatable bonds is 9. The summed E-state index contributed by atoms with van der Waals surface area (Å²) < 4.78 is 0. The summed E-state index contributed by atoms with van der Waals surface area (Å²) in [5.41, 5.74) is 11.8. The molecule has 5 rings (SSSR count). The van der Waals surface area contributed by atoms with Gasteiger partial charge in [-0.15, -0.1) is 0 Å². The largest absolute Gasteiger partial charge is 0.478 e. The molecule has 0 saturated heterocycles. The molecule has 1 N–H and O–H groups in total. The minimum Gasteiger partial charge on any atom is -0.478 e. The summed E-state index contributed by atoms with van der Waals surface area (Å²) in [5, 5.41) is 10.8. The fourth-order valence-electron chi connectivity index (χ4n) is 5.69. The highest BCUT2D eigenvalue weighted by molar-refractivity contribution is 6.10. The molecule has 0 aliphatic rings. The van der Waals surface area contributed by atoms with Gasteiger partial charge < -0.3 is 24.7 Å². The smallest absolute Gasteiger partial charge is 0.336 e. The van der Waals surface area contributed by atoms with Gasteiger partial charge in [0.05, 0.1) is 5.56 Å². The predicted octanol–water partition coefficient (Wildman–Crippen LogP) is 8.32. The summed E-state index contributed by atoms with van der Waals surface area (Å²) in [7, 11) is 16.1. The first-order valence-corrected chi connectivity index (χ1v) is 15.0. The van der Waals surface area contributed by atoms with Gasteiger partial charge in [-0.05, 0) is 93.5 Å². The molecule has 0 radical (unpaired) electrons. The maximum absolute atomic E-state index is 13.2. The Hall–Kier alpha value is -5.23. The Morgan fingerprint density at radius 2 is 0.711 bits per heavy atom. The van der Waals surface area contributed by atoms with Crippen LogP contribution >= 0.6 is 0 Å². The van der Waals surface area contributed by atoms with Gasteiger partial charge >= 0.3 is 5.97 Å². The second-order valence-corrected chi connectivity index (χ2v) is 12.2. The molecule has 0 saturated carbocycles. The van der Waals surface area contributed by atoms with E-state index in [1.807, 2.05) is 91.6 Å². The fourth-order valence-corrected chi connectivity index (χ4v) is 5.69. The highest BCUT2D eigenvalue weighted by Crippen LogP contribution is 2.48. The van der Waals surface area contributed by atoms with E-state index in [1.165, 1.54) is 0 Å². The Balaban J connectivity index is 1.93. The lowest BCUT2D eigenvalue weighted by Crippen LogP contribution is -2.09. The summed E-state index contributed by atoms with van der Waals surface area (Å²) in [6, 6.07) is 35.2. The van der Waals surface area contributed by atoms with Crippen molar-refractivity contribution in [3.63, 3.8) is 0 Å². The van der Waals surface area contributed by atoms with Crippen molar-refractivity contribution in [2.75, 3.05) is 76.0 Å². The lowest BCUT2D eigenvalue weighted by molar-refractivity contribution is 0.0698. The summed E-state index contributed by atoms with van der Waals surface area (Å²) in [6.45, 7) is 0. The van der Waals surface area contributed by atoms with Gasteiger partial charge in [-0.3, -0.25) is 0 Å². The molecule has 0 unspecified atom stereocenters. The molecule has 230 valence electrons. The molecular weight excluding hydrogens is 556 g/mol. The van der Waals surface area contributed by atoms with E-state index in [0.29, 0.717) is 5.56 Å². The molecule has 0 atom stereocenters. The predicted molar refractivity (Wildman–Crippen MR) is 192 cm³/mol. The van der Waals surface area contributed by atoms with Crippen molar-refractivity contribution in [1.29, 1.82) is 0 Å². The van der Waals surface area contributed by atoms with E-state index >= 15 is 0 Å². The summed E-state index contributed by atoms with van der Waals surface area (Å²) >= 11 is 0. The first-order valence-electron chi connectivity index (χ1n) is 15.0. The van der Waals surface area contributed by atoms with Crippen LogP contribution in [0.25, 0.3) is 44.5 Å². The van der Waals surface area contributed by atoms with Crippen molar-refractivity contribution in [2.24, 2.45) is 0 Å². The van der Waals surface area contributed by atoms with Crippen molar-refractivity contribution in [3.05, 3.63) is 109 Å². The number of benzene rings is 5. The minimum absolute atomic E-state index is 0.264. The molecule has 0 aliphatic carbocycles. The zero-order chi connectivity index (χ0) is 32.4. The third kappa shape index (κ3) is 6.36. The molecule has 0 amide bonds. The second-order valence-electron chi connectivity index (χ2n) is 12.2. The van der Waals surface area contributed by atoms with Crippen LogP contribution in [0.2, 0.25) is 0 Å². The van der Waals surface area contributed by atoms with Gasteiger partial charge in [0, 0.05) is 84.7 Å². The molecule has 0 aliphatic heterocycles. The second kappa shape index (κ2) is 12.8. The van der Waals surface area contributed by atoms with Crippen molar-refractivity contribution < 1.29 is 9.90 Å². The number of carboxylic acids is 1. The number of hydrogen-bond donors (Lipinski definition) is 1. The zero-order valence-electron chi connectivity index (χ0n) is 27.5. The monoisotopic (exact) mass is 598 g/mol. The molecule has 0 bridgehead atoms. The molecule has 5 aromatic rings. The Labute approximate surface area is 267 Å². The van der Waals surface area contributed by atoms with Crippen LogP contribution in [0, 0.1) is 0 Å².